The second-order valence-electron chi connectivity index (χ2n) is 7.32. The molecule has 32 heavy (non-hydrogen) atoms. The van der Waals surface area contributed by atoms with Crippen LogP contribution in [0.2, 0.25) is 0 Å². The molecule has 0 bridgehead atoms. The average Bonchev–Trinajstić information content (AvgIpc) is 2.86. The fraction of sp³-hybridized carbons (Fsp3) is 0.280. The van der Waals surface area contributed by atoms with Crippen molar-refractivity contribution in [2.24, 2.45) is 5.41 Å². The van der Waals surface area contributed by atoms with Crippen LogP contribution in [0.4, 0.5) is 0 Å². The van der Waals surface area contributed by atoms with Crippen LogP contribution < -0.4 is 9.47 Å². The van der Waals surface area contributed by atoms with Crippen molar-refractivity contribution in [1.82, 2.24) is 0 Å². The summed E-state index contributed by atoms with van der Waals surface area (Å²) in [6.45, 7) is 0. The molecule has 0 saturated heterocycles. The van der Waals surface area contributed by atoms with Crippen LogP contribution in [0.1, 0.15) is 28.4 Å². The highest BCUT2D eigenvalue weighted by Gasteiger charge is 2.50. The maximum Gasteiger partial charge on any atom is 0.184 e. The minimum atomic E-state index is -1.77. The summed E-state index contributed by atoms with van der Waals surface area (Å²) in [6.07, 6.45) is 1.45. The van der Waals surface area contributed by atoms with Gasteiger partial charge in [0.2, 0.25) is 0 Å². The van der Waals surface area contributed by atoms with E-state index in [-0.39, 0.29) is 17.7 Å². The summed E-state index contributed by atoms with van der Waals surface area (Å²) in [5, 5.41) is 10.9. The van der Waals surface area contributed by atoms with E-state index in [1.54, 1.807) is 42.5 Å². The highest BCUT2D eigenvalue weighted by atomic mass is 16.5. The molecule has 0 heterocycles. The molecule has 0 radical (unpaired) electrons. The Balaban J connectivity index is 2.18. The number of carbonyl (C=O) groups is 2. The average molecular weight is 438 g/mol. The lowest BCUT2D eigenvalue weighted by atomic mass is 9.69. The van der Waals surface area contributed by atoms with E-state index in [4.69, 9.17) is 18.9 Å². The number of hydrogen-bond acceptors (Lipinski definition) is 7. The van der Waals surface area contributed by atoms with Gasteiger partial charge in [0.25, 0.3) is 0 Å². The third-order valence-electron chi connectivity index (χ3n) is 5.47. The van der Waals surface area contributed by atoms with Crippen molar-refractivity contribution in [2.45, 2.75) is 12.5 Å². The quantitative estimate of drug-likeness (QED) is 0.472. The number of Topliss-reactive ketones (excluding diaryl/α,β-unsaturated/α-hetero) is 2. The highest BCUT2D eigenvalue weighted by Crippen LogP contribution is 2.42. The molecule has 0 fully saturated rings. The molecule has 0 aliphatic heterocycles. The summed E-state index contributed by atoms with van der Waals surface area (Å²) in [6, 6.07) is 13.1. The van der Waals surface area contributed by atoms with Gasteiger partial charge in [0, 0.05) is 24.1 Å². The zero-order valence-corrected chi connectivity index (χ0v) is 18.5. The molecule has 0 aromatic heterocycles. The molecule has 1 N–H and O–H groups in total. The summed E-state index contributed by atoms with van der Waals surface area (Å²) < 4.78 is 21.3. The van der Waals surface area contributed by atoms with Crippen LogP contribution >= 0.6 is 0 Å². The Morgan fingerprint density at radius 2 is 1.53 bits per heavy atom. The second kappa shape index (κ2) is 9.70. The summed E-state index contributed by atoms with van der Waals surface area (Å²) in [5.74, 6) is 0.229. The SMILES string of the molecule is COC1=CC(C(=O)c2cc(OC)cc(OC)c2)(C(=O)C(O)c2ccccc2)CC(OC)=C1. The number of rotatable bonds is 9. The number of aliphatic hydroxyl groups is 1. The molecule has 1 aliphatic carbocycles. The van der Waals surface area contributed by atoms with Crippen LogP contribution in [-0.2, 0) is 14.3 Å². The van der Waals surface area contributed by atoms with Crippen LogP contribution in [0.25, 0.3) is 0 Å². The fourth-order valence-electron chi connectivity index (χ4n) is 3.71. The number of hydrogen-bond donors (Lipinski definition) is 1. The number of carbonyl (C=O) groups excluding carboxylic acids is 2. The Bertz CT molecular complexity index is 1030. The monoisotopic (exact) mass is 438 g/mol. The van der Waals surface area contributed by atoms with E-state index in [0.717, 1.165) is 0 Å². The lowest BCUT2D eigenvalue weighted by Gasteiger charge is -2.33. The molecule has 0 amide bonds. The van der Waals surface area contributed by atoms with Gasteiger partial charge in [-0.25, -0.2) is 0 Å². The van der Waals surface area contributed by atoms with Crippen molar-refractivity contribution in [3.05, 3.63) is 83.3 Å². The fourth-order valence-corrected chi connectivity index (χ4v) is 3.71. The first-order valence-electron chi connectivity index (χ1n) is 9.95. The normalized spacial score (nSPS) is 18.7. The molecule has 2 aromatic carbocycles. The molecule has 0 saturated carbocycles. The molecule has 1 aliphatic rings. The van der Waals surface area contributed by atoms with Crippen LogP contribution in [0.15, 0.2) is 72.2 Å². The topological polar surface area (TPSA) is 91.3 Å². The Kier molecular flexibility index (Phi) is 7.00. The van der Waals surface area contributed by atoms with Crippen molar-refractivity contribution in [3.8, 4) is 11.5 Å². The Hall–Kier alpha value is -3.58. The number of ketones is 2. The smallest absolute Gasteiger partial charge is 0.184 e. The number of ether oxygens (including phenoxy) is 4. The third-order valence-corrected chi connectivity index (χ3v) is 5.47. The maximum absolute atomic E-state index is 13.9. The van der Waals surface area contributed by atoms with Crippen molar-refractivity contribution in [3.63, 3.8) is 0 Å². The molecule has 7 nitrogen and oxygen atoms in total. The van der Waals surface area contributed by atoms with Crippen molar-refractivity contribution in [2.75, 3.05) is 28.4 Å². The molecule has 168 valence electrons. The maximum atomic E-state index is 13.9. The summed E-state index contributed by atoms with van der Waals surface area (Å²) >= 11 is 0. The van der Waals surface area contributed by atoms with Crippen molar-refractivity contribution in [1.29, 1.82) is 0 Å². The molecule has 2 unspecified atom stereocenters. The van der Waals surface area contributed by atoms with Crippen molar-refractivity contribution < 1.29 is 33.6 Å². The predicted octanol–water partition coefficient (Wildman–Crippen LogP) is 3.64. The highest BCUT2D eigenvalue weighted by molar-refractivity contribution is 6.18. The van der Waals surface area contributed by atoms with E-state index >= 15 is 0 Å². The van der Waals surface area contributed by atoms with Gasteiger partial charge < -0.3 is 24.1 Å². The van der Waals surface area contributed by atoms with Gasteiger partial charge in [-0.1, -0.05) is 30.3 Å². The van der Waals surface area contributed by atoms with Gasteiger partial charge in [-0.3, -0.25) is 9.59 Å². The zero-order chi connectivity index (χ0) is 23.3. The summed E-state index contributed by atoms with van der Waals surface area (Å²) in [4.78, 5) is 27.7. The van der Waals surface area contributed by atoms with Crippen LogP contribution in [0, 0.1) is 5.41 Å². The lowest BCUT2D eigenvalue weighted by Crippen LogP contribution is -2.43. The first-order chi connectivity index (χ1) is 15.4. The molecule has 2 aromatic rings. The van der Waals surface area contributed by atoms with Crippen LogP contribution in [0.3, 0.4) is 0 Å². The third kappa shape index (κ3) is 4.38. The second-order valence-corrected chi connectivity index (χ2v) is 7.32. The Morgan fingerprint density at radius 3 is 2.06 bits per heavy atom. The molecular weight excluding hydrogens is 412 g/mol. The largest absolute Gasteiger partial charge is 0.501 e. The van der Waals surface area contributed by atoms with Gasteiger partial charge >= 0.3 is 0 Å². The van der Waals surface area contributed by atoms with E-state index in [1.165, 1.54) is 46.6 Å². The van der Waals surface area contributed by atoms with E-state index in [2.05, 4.69) is 0 Å². The number of methoxy groups -OCH3 is 4. The molecule has 0 spiro atoms. The van der Waals surface area contributed by atoms with Crippen LogP contribution in [-0.4, -0.2) is 45.1 Å². The zero-order valence-electron chi connectivity index (χ0n) is 18.5. The van der Waals surface area contributed by atoms with Crippen molar-refractivity contribution >= 4 is 11.6 Å². The van der Waals surface area contributed by atoms with Gasteiger partial charge in [-0.2, -0.15) is 0 Å². The van der Waals surface area contributed by atoms with Gasteiger partial charge in [-0.15, -0.1) is 0 Å². The predicted molar refractivity (Wildman–Crippen MR) is 118 cm³/mol. The standard InChI is InChI=1S/C25H26O7/c1-29-18-10-17(11-19(12-18)30-2)23(27)25(14-20(31-3)13-21(15-25)32-4)24(28)22(26)16-8-6-5-7-9-16/h5-14,22,26H,15H2,1-4H3. The van der Waals surface area contributed by atoms with E-state index < -0.39 is 23.1 Å². The molecular formula is C25H26O7. The Labute approximate surface area is 186 Å². The summed E-state index contributed by atoms with van der Waals surface area (Å²) in [7, 11) is 5.83. The number of benzene rings is 2. The summed E-state index contributed by atoms with van der Waals surface area (Å²) in [5.41, 5.74) is -1.19. The first kappa shape index (κ1) is 23.1. The minimum Gasteiger partial charge on any atom is -0.501 e. The molecule has 7 heteroatoms. The molecule has 2 atom stereocenters. The number of allylic oxidation sites excluding steroid dienone is 3. The van der Waals surface area contributed by atoms with Gasteiger partial charge in [0.15, 0.2) is 11.6 Å². The van der Waals surface area contributed by atoms with E-state index in [0.29, 0.717) is 22.8 Å². The Morgan fingerprint density at radius 1 is 0.906 bits per heavy atom. The van der Waals surface area contributed by atoms with E-state index in [1.807, 2.05) is 0 Å². The van der Waals surface area contributed by atoms with E-state index in [9.17, 15) is 14.7 Å². The van der Waals surface area contributed by atoms with Gasteiger partial charge in [-0.05, 0) is 23.8 Å². The lowest BCUT2D eigenvalue weighted by molar-refractivity contribution is -0.133. The van der Waals surface area contributed by atoms with Gasteiger partial charge in [0.1, 0.15) is 34.5 Å². The molecule has 3 rings (SSSR count). The minimum absolute atomic E-state index is 0.0720. The van der Waals surface area contributed by atoms with Crippen LogP contribution in [0.5, 0.6) is 11.5 Å². The van der Waals surface area contributed by atoms with Gasteiger partial charge in [0.05, 0.1) is 28.4 Å². The first-order valence-corrected chi connectivity index (χ1v) is 9.95. The number of aliphatic hydroxyl groups excluding tert-OH is 1.